The van der Waals surface area contributed by atoms with E-state index in [9.17, 15) is 14.7 Å². The van der Waals surface area contributed by atoms with Crippen LogP contribution in [0.4, 0.5) is 0 Å². The number of aryl methyl sites for hydroxylation is 1. The second-order valence-electron chi connectivity index (χ2n) is 7.08. The van der Waals surface area contributed by atoms with Crippen molar-refractivity contribution in [3.8, 4) is 6.07 Å². The Hall–Kier alpha value is -2.13. The number of nitrogens with one attached hydrogen (secondary N) is 2. The van der Waals surface area contributed by atoms with Crippen LogP contribution in [0, 0.1) is 25.2 Å². The van der Waals surface area contributed by atoms with Crippen LogP contribution in [0.1, 0.15) is 67.3 Å². The lowest BCUT2D eigenvalue weighted by Gasteiger charge is -2.26. The maximum Gasteiger partial charge on any atom is 0.266 e. The lowest BCUT2D eigenvalue weighted by molar-refractivity contribution is -0.122. The first-order valence-corrected chi connectivity index (χ1v) is 8.98. The third kappa shape index (κ3) is 4.93. The molecule has 2 rings (SSSR count). The SMILES string of the molecule is Cc1[nH]c(=O)c(C#N)c(C)c1CCC(=O)NCC1(O)CCCCCC1. The Balaban J connectivity index is 1.94. The second-order valence-corrected chi connectivity index (χ2v) is 7.08. The number of aliphatic hydroxyl groups is 1. The number of carbonyl (C=O) groups excluding carboxylic acids is 1. The molecule has 1 fully saturated rings. The van der Waals surface area contributed by atoms with Crippen molar-refractivity contribution in [1.82, 2.24) is 10.3 Å². The summed E-state index contributed by atoms with van der Waals surface area (Å²) in [5.41, 5.74) is 1.09. The van der Waals surface area contributed by atoms with E-state index in [0.29, 0.717) is 24.2 Å². The molecule has 0 atom stereocenters. The molecule has 1 aromatic heterocycles. The van der Waals surface area contributed by atoms with Gasteiger partial charge in [-0.1, -0.05) is 25.7 Å². The molecule has 0 spiro atoms. The Morgan fingerprint density at radius 3 is 2.52 bits per heavy atom. The van der Waals surface area contributed by atoms with Crippen molar-refractivity contribution in [3.63, 3.8) is 0 Å². The number of nitriles is 1. The molecule has 0 bridgehead atoms. The summed E-state index contributed by atoms with van der Waals surface area (Å²) in [6.45, 7) is 3.80. The molecule has 0 aromatic carbocycles. The third-order valence-corrected chi connectivity index (χ3v) is 5.17. The van der Waals surface area contributed by atoms with Gasteiger partial charge in [-0.2, -0.15) is 5.26 Å². The molecule has 1 aliphatic rings. The summed E-state index contributed by atoms with van der Waals surface area (Å²) in [7, 11) is 0. The highest BCUT2D eigenvalue weighted by Gasteiger charge is 2.28. The van der Waals surface area contributed by atoms with E-state index >= 15 is 0 Å². The van der Waals surface area contributed by atoms with Crippen molar-refractivity contribution >= 4 is 5.91 Å². The van der Waals surface area contributed by atoms with Crippen molar-refractivity contribution < 1.29 is 9.90 Å². The number of hydrogen-bond donors (Lipinski definition) is 3. The number of aromatic nitrogens is 1. The van der Waals surface area contributed by atoms with Crippen LogP contribution >= 0.6 is 0 Å². The van der Waals surface area contributed by atoms with Crippen LogP contribution in [-0.2, 0) is 11.2 Å². The molecule has 0 radical (unpaired) electrons. The minimum absolute atomic E-state index is 0.105. The van der Waals surface area contributed by atoms with Crippen molar-refractivity contribution in [2.24, 2.45) is 0 Å². The molecular formula is C19H27N3O3. The van der Waals surface area contributed by atoms with Crippen molar-refractivity contribution in [3.05, 3.63) is 32.7 Å². The molecule has 1 heterocycles. The highest BCUT2D eigenvalue weighted by Crippen LogP contribution is 2.26. The van der Waals surface area contributed by atoms with E-state index in [1.807, 2.05) is 6.07 Å². The first-order chi connectivity index (χ1) is 11.9. The monoisotopic (exact) mass is 345 g/mol. The number of hydrogen-bond acceptors (Lipinski definition) is 4. The Labute approximate surface area is 148 Å². The summed E-state index contributed by atoms with van der Waals surface area (Å²) < 4.78 is 0. The van der Waals surface area contributed by atoms with Gasteiger partial charge in [0.1, 0.15) is 11.6 Å². The van der Waals surface area contributed by atoms with E-state index < -0.39 is 5.60 Å². The molecule has 1 aromatic rings. The molecule has 3 N–H and O–H groups in total. The lowest BCUT2D eigenvalue weighted by atomic mass is 9.94. The average molecular weight is 345 g/mol. The number of amides is 1. The van der Waals surface area contributed by atoms with Gasteiger partial charge in [0.05, 0.1) is 5.60 Å². The van der Waals surface area contributed by atoms with Crippen LogP contribution < -0.4 is 10.9 Å². The number of pyridine rings is 1. The van der Waals surface area contributed by atoms with Crippen LogP contribution in [-0.4, -0.2) is 28.1 Å². The molecule has 25 heavy (non-hydrogen) atoms. The van der Waals surface area contributed by atoms with Gasteiger partial charge in [0, 0.05) is 18.7 Å². The Morgan fingerprint density at radius 2 is 1.92 bits per heavy atom. The molecule has 0 unspecified atom stereocenters. The van der Waals surface area contributed by atoms with Gasteiger partial charge in [-0.25, -0.2) is 0 Å². The lowest BCUT2D eigenvalue weighted by Crippen LogP contribution is -2.42. The largest absolute Gasteiger partial charge is 0.388 e. The highest BCUT2D eigenvalue weighted by molar-refractivity contribution is 5.76. The Bertz CT molecular complexity index is 723. The number of H-pyrrole nitrogens is 1. The number of rotatable bonds is 5. The molecule has 1 aliphatic carbocycles. The summed E-state index contributed by atoms with van der Waals surface area (Å²) in [6, 6.07) is 1.92. The molecule has 6 nitrogen and oxygen atoms in total. The topological polar surface area (TPSA) is 106 Å². The van der Waals surface area contributed by atoms with E-state index in [1.54, 1.807) is 13.8 Å². The van der Waals surface area contributed by atoms with Gasteiger partial charge < -0.3 is 15.4 Å². The maximum atomic E-state index is 12.2. The molecular weight excluding hydrogens is 318 g/mol. The van der Waals surface area contributed by atoms with E-state index in [1.165, 1.54) is 0 Å². The van der Waals surface area contributed by atoms with Crippen molar-refractivity contribution in [2.75, 3.05) is 6.54 Å². The first-order valence-electron chi connectivity index (χ1n) is 8.98. The van der Waals surface area contributed by atoms with E-state index in [2.05, 4.69) is 10.3 Å². The highest BCUT2D eigenvalue weighted by atomic mass is 16.3. The summed E-state index contributed by atoms with van der Waals surface area (Å²) in [5, 5.41) is 22.5. The second kappa shape index (κ2) is 8.30. The number of nitrogens with zero attached hydrogens (tertiary/aromatic N) is 1. The fourth-order valence-electron chi connectivity index (χ4n) is 3.57. The summed E-state index contributed by atoms with van der Waals surface area (Å²) in [5.74, 6) is -0.124. The van der Waals surface area contributed by atoms with Crippen molar-refractivity contribution in [1.29, 1.82) is 5.26 Å². The first kappa shape index (κ1) is 19.2. The van der Waals surface area contributed by atoms with Crippen LogP contribution in [0.25, 0.3) is 0 Å². The predicted molar refractivity (Wildman–Crippen MR) is 95.2 cm³/mol. The van der Waals surface area contributed by atoms with Crippen LogP contribution in [0.5, 0.6) is 0 Å². The minimum atomic E-state index is -0.788. The van der Waals surface area contributed by atoms with Gasteiger partial charge in [0.15, 0.2) is 0 Å². The van der Waals surface area contributed by atoms with E-state index in [-0.39, 0.29) is 23.5 Å². The van der Waals surface area contributed by atoms with Crippen LogP contribution in [0.3, 0.4) is 0 Å². The predicted octanol–water partition coefficient (Wildman–Crippen LogP) is 2.00. The number of carbonyl (C=O) groups is 1. The Morgan fingerprint density at radius 1 is 1.28 bits per heavy atom. The van der Waals surface area contributed by atoms with Gasteiger partial charge >= 0.3 is 0 Å². The molecule has 6 heteroatoms. The molecule has 136 valence electrons. The van der Waals surface area contributed by atoms with Gasteiger partial charge in [-0.15, -0.1) is 0 Å². The maximum absolute atomic E-state index is 12.2. The summed E-state index contributed by atoms with van der Waals surface area (Å²) in [6.07, 6.45) is 6.46. The summed E-state index contributed by atoms with van der Waals surface area (Å²) in [4.78, 5) is 26.6. The zero-order chi connectivity index (χ0) is 18.4. The normalized spacial score (nSPS) is 16.7. The molecule has 1 amide bonds. The van der Waals surface area contributed by atoms with E-state index in [0.717, 1.165) is 44.1 Å². The third-order valence-electron chi connectivity index (χ3n) is 5.17. The van der Waals surface area contributed by atoms with Gasteiger partial charge in [-0.3, -0.25) is 9.59 Å². The molecule has 0 aliphatic heterocycles. The van der Waals surface area contributed by atoms with E-state index in [4.69, 9.17) is 5.26 Å². The molecule has 1 saturated carbocycles. The molecule has 0 saturated heterocycles. The quantitative estimate of drug-likeness (QED) is 0.710. The van der Waals surface area contributed by atoms with Gasteiger partial charge in [0.25, 0.3) is 5.56 Å². The summed E-state index contributed by atoms with van der Waals surface area (Å²) >= 11 is 0. The van der Waals surface area contributed by atoms with Gasteiger partial charge in [0.2, 0.25) is 5.91 Å². The van der Waals surface area contributed by atoms with Crippen molar-refractivity contribution in [2.45, 2.75) is 70.8 Å². The fraction of sp³-hybridized carbons (Fsp3) is 0.632. The minimum Gasteiger partial charge on any atom is -0.388 e. The zero-order valence-corrected chi connectivity index (χ0v) is 15.1. The van der Waals surface area contributed by atoms with Crippen LogP contribution in [0.15, 0.2) is 4.79 Å². The smallest absolute Gasteiger partial charge is 0.266 e. The Kier molecular flexibility index (Phi) is 6.38. The van der Waals surface area contributed by atoms with Crippen LogP contribution in [0.2, 0.25) is 0 Å². The number of aromatic amines is 1. The average Bonchev–Trinajstić information content (AvgIpc) is 2.78. The fourth-order valence-corrected chi connectivity index (χ4v) is 3.57. The standard InChI is InChI=1S/C19H27N3O3/c1-13-15(14(2)22-18(24)16(13)11-20)7-8-17(23)21-12-19(25)9-5-3-4-6-10-19/h25H,3-10,12H2,1-2H3,(H,21,23)(H,22,24). The van der Waals surface area contributed by atoms with Gasteiger partial charge in [-0.05, 0) is 44.2 Å². The zero-order valence-electron chi connectivity index (χ0n) is 15.1.